The first kappa shape index (κ1) is 28.8. The number of carboxylic acid groups (broad SMARTS) is 1. The molecule has 3 atom stereocenters. The Morgan fingerprint density at radius 2 is 1.38 bits per heavy atom. The molecular weight excluding hydrogens is 486 g/mol. The Morgan fingerprint density at radius 1 is 0.838 bits per heavy atom. The van der Waals surface area contributed by atoms with Gasteiger partial charge in [0.05, 0.1) is 6.54 Å². The van der Waals surface area contributed by atoms with E-state index in [-0.39, 0.29) is 32.1 Å². The summed E-state index contributed by atoms with van der Waals surface area (Å²) in [5.41, 5.74) is 17.0. The number of aromatic nitrogens is 1. The Labute approximate surface area is 211 Å². The van der Waals surface area contributed by atoms with Gasteiger partial charge in [0, 0.05) is 36.4 Å². The Balaban J connectivity index is 2.19. The third-order valence-corrected chi connectivity index (χ3v) is 5.54. The van der Waals surface area contributed by atoms with Gasteiger partial charge < -0.3 is 43.2 Å². The van der Waals surface area contributed by atoms with Crippen LogP contribution in [-0.2, 0) is 35.2 Å². The number of aromatic amines is 1. The maximum absolute atomic E-state index is 13.0. The summed E-state index contributed by atoms with van der Waals surface area (Å²) in [6, 6.07) is 3.26. The van der Waals surface area contributed by atoms with Crippen LogP contribution in [-0.4, -0.2) is 70.3 Å². The molecule has 0 radical (unpaired) electrons. The smallest absolute Gasteiger partial charge is 0.326 e. The number of fused-ring (bicyclic) bond motifs is 1. The lowest BCUT2D eigenvalue weighted by atomic mass is 10.0. The van der Waals surface area contributed by atoms with Crippen LogP contribution in [0.1, 0.15) is 31.2 Å². The molecule has 2 aromatic rings. The predicted octanol–water partition coefficient (Wildman–Crippen LogP) is -2.26. The highest BCUT2D eigenvalue weighted by Gasteiger charge is 2.30. The second kappa shape index (κ2) is 13.6. The minimum Gasteiger partial charge on any atom is -0.480 e. The van der Waals surface area contributed by atoms with Crippen molar-refractivity contribution in [1.29, 1.82) is 0 Å². The molecule has 37 heavy (non-hydrogen) atoms. The lowest BCUT2D eigenvalue weighted by Gasteiger charge is -2.24. The van der Waals surface area contributed by atoms with Gasteiger partial charge in [0.2, 0.25) is 29.5 Å². The van der Waals surface area contributed by atoms with Crippen molar-refractivity contribution in [3.63, 3.8) is 0 Å². The number of carbonyl (C=O) groups excluding carboxylic acids is 5. The van der Waals surface area contributed by atoms with Crippen LogP contribution in [0.3, 0.4) is 0 Å². The topological polar surface area (TPSA) is 253 Å². The molecule has 1 aromatic heterocycles. The number of primary amides is 2. The van der Waals surface area contributed by atoms with Crippen molar-refractivity contribution in [2.24, 2.45) is 17.2 Å². The molecule has 0 spiro atoms. The molecular formula is C23H31N7O7. The summed E-state index contributed by atoms with van der Waals surface area (Å²) < 4.78 is 0. The molecule has 0 saturated heterocycles. The average Bonchev–Trinajstić information content (AvgIpc) is 3.25. The van der Waals surface area contributed by atoms with E-state index in [4.69, 9.17) is 17.2 Å². The summed E-state index contributed by atoms with van der Waals surface area (Å²) in [4.78, 5) is 75.1. The molecule has 0 aliphatic heterocycles. The number of benzene rings is 1. The Kier molecular flexibility index (Phi) is 10.6. The lowest BCUT2D eigenvalue weighted by molar-refractivity contribution is -0.142. The minimum absolute atomic E-state index is 0.0602. The van der Waals surface area contributed by atoms with E-state index < -0.39 is 60.2 Å². The van der Waals surface area contributed by atoms with Gasteiger partial charge in [0.1, 0.15) is 18.1 Å². The van der Waals surface area contributed by atoms with Gasteiger partial charge in [-0.15, -0.1) is 0 Å². The van der Waals surface area contributed by atoms with Crippen LogP contribution in [0.4, 0.5) is 0 Å². The number of hydrogen-bond acceptors (Lipinski definition) is 7. The van der Waals surface area contributed by atoms with E-state index in [1.165, 1.54) is 0 Å². The van der Waals surface area contributed by atoms with E-state index in [0.29, 0.717) is 5.56 Å². The van der Waals surface area contributed by atoms with Gasteiger partial charge in [-0.05, 0) is 24.5 Å². The van der Waals surface area contributed by atoms with Crippen LogP contribution < -0.4 is 33.2 Å². The highest BCUT2D eigenvalue weighted by atomic mass is 16.4. The summed E-state index contributed by atoms with van der Waals surface area (Å²) in [7, 11) is 0. The molecule has 0 aliphatic carbocycles. The van der Waals surface area contributed by atoms with Gasteiger partial charge in [-0.3, -0.25) is 24.0 Å². The molecule has 1 aromatic carbocycles. The second-order valence-electron chi connectivity index (χ2n) is 8.36. The Morgan fingerprint density at radius 3 is 1.92 bits per heavy atom. The van der Waals surface area contributed by atoms with Gasteiger partial charge in [-0.1, -0.05) is 18.2 Å². The zero-order valence-electron chi connectivity index (χ0n) is 20.0. The lowest BCUT2D eigenvalue weighted by Crippen LogP contribution is -2.56. The summed E-state index contributed by atoms with van der Waals surface area (Å²) in [6.07, 6.45) is 0.638. The summed E-state index contributed by atoms with van der Waals surface area (Å²) in [5.74, 6) is -5.19. The fourth-order valence-electron chi connectivity index (χ4n) is 3.63. The maximum Gasteiger partial charge on any atom is 0.326 e. The third-order valence-electron chi connectivity index (χ3n) is 5.54. The zero-order chi connectivity index (χ0) is 27.5. The van der Waals surface area contributed by atoms with Crippen LogP contribution >= 0.6 is 0 Å². The van der Waals surface area contributed by atoms with E-state index in [1.807, 2.05) is 12.1 Å². The number of rotatable bonds is 15. The fraction of sp³-hybridized carbons (Fsp3) is 0.391. The zero-order valence-corrected chi connectivity index (χ0v) is 20.0. The first-order chi connectivity index (χ1) is 17.5. The summed E-state index contributed by atoms with van der Waals surface area (Å²) in [6.45, 7) is -0.430. The van der Waals surface area contributed by atoms with Crippen molar-refractivity contribution in [3.8, 4) is 0 Å². The molecule has 14 nitrogen and oxygen atoms in total. The van der Waals surface area contributed by atoms with Gasteiger partial charge in [0.15, 0.2) is 0 Å². The number of carboxylic acids is 1. The molecule has 11 N–H and O–H groups in total. The molecule has 200 valence electrons. The molecule has 0 saturated carbocycles. The number of para-hydroxylation sites is 1. The standard InChI is InChI=1S/C23H31N7O7/c24-10-20(33)28-15(5-7-18(25)31)21(34)29-16(6-8-19(26)32)22(35)30-17(23(36)37)9-12-11-27-14-4-2-1-3-13(12)14/h1-4,11,15-17,27H,5-10,24H2,(H2,25,31)(H2,26,32)(H,28,33)(H,29,34)(H,30,35)(H,36,37). The van der Waals surface area contributed by atoms with Crippen molar-refractivity contribution in [2.45, 2.75) is 50.2 Å². The van der Waals surface area contributed by atoms with Gasteiger partial charge in [-0.25, -0.2) is 4.79 Å². The van der Waals surface area contributed by atoms with Crippen molar-refractivity contribution in [2.75, 3.05) is 6.54 Å². The first-order valence-corrected chi connectivity index (χ1v) is 11.5. The predicted molar refractivity (Wildman–Crippen MR) is 131 cm³/mol. The van der Waals surface area contributed by atoms with E-state index in [2.05, 4.69) is 20.9 Å². The van der Waals surface area contributed by atoms with Gasteiger partial charge >= 0.3 is 5.97 Å². The van der Waals surface area contributed by atoms with E-state index in [9.17, 15) is 33.9 Å². The average molecular weight is 518 g/mol. The van der Waals surface area contributed by atoms with Crippen molar-refractivity contribution < 1.29 is 33.9 Å². The second-order valence-corrected chi connectivity index (χ2v) is 8.36. The van der Waals surface area contributed by atoms with Crippen LogP contribution in [0.5, 0.6) is 0 Å². The quantitative estimate of drug-likeness (QED) is 0.128. The normalized spacial score (nSPS) is 13.2. The van der Waals surface area contributed by atoms with Crippen LogP contribution in [0.25, 0.3) is 10.9 Å². The minimum atomic E-state index is -1.37. The Bertz CT molecular complexity index is 1160. The number of hydrogen-bond donors (Lipinski definition) is 8. The van der Waals surface area contributed by atoms with Crippen molar-refractivity contribution in [3.05, 3.63) is 36.0 Å². The van der Waals surface area contributed by atoms with Crippen molar-refractivity contribution >= 4 is 46.4 Å². The van der Waals surface area contributed by atoms with Crippen LogP contribution in [0.15, 0.2) is 30.5 Å². The number of aliphatic carboxylic acids is 1. The van der Waals surface area contributed by atoms with Gasteiger partial charge in [-0.2, -0.15) is 0 Å². The SMILES string of the molecule is NCC(=O)NC(CCC(N)=O)C(=O)NC(CCC(N)=O)C(=O)NC(Cc1c[nH]c2ccccc12)C(=O)O. The molecule has 3 unspecified atom stereocenters. The number of nitrogens with one attached hydrogen (secondary N) is 4. The molecule has 0 aliphatic rings. The van der Waals surface area contributed by atoms with E-state index in [1.54, 1.807) is 18.3 Å². The number of nitrogens with two attached hydrogens (primary N) is 3. The highest BCUT2D eigenvalue weighted by Crippen LogP contribution is 2.19. The van der Waals surface area contributed by atoms with E-state index in [0.717, 1.165) is 10.9 Å². The number of H-pyrrole nitrogens is 1. The molecule has 2 rings (SSSR count). The third kappa shape index (κ3) is 8.92. The van der Waals surface area contributed by atoms with Crippen LogP contribution in [0, 0.1) is 0 Å². The highest BCUT2D eigenvalue weighted by molar-refractivity contribution is 5.94. The molecule has 0 fully saturated rings. The molecule has 0 bridgehead atoms. The Hall–Kier alpha value is -4.46. The van der Waals surface area contributed by atoms with E-state index >= 15 is 0 Å². The summed E-state index contributed by atoms with van der Waals surface area (Å²) >= 11 is 0. The largest absolute Gasteiger partial charge is 0.480 e. The van der Waals surface area contributed by atoms with Gasteiger partial charge in [0.25, 0.3) is 0 Å². The molecule has 1 heterocycles. The maximum atomic E-state index is 13.0. The summed E-state index contributed by atoms with van der Waals surface area (Å²) in [5, 5.41) is 17.6. The van der Waals surface area contributed by atoms with Crippen LogP contribution in [0.2, 0.25) is 0 Å². The number of amides is 5. The molecule has 5 amide bonds. The monoisotopic (exact) mass is 517 g/mol. The first-order valence-electron chi connectivity index (χ1n) is 11.5. The van der Waals surface area contributed by atoms with Crippen molar-refractivity contribution in [1.82, 2.24) is 20.9 Å². The number of carbonyl (C=O) groups is 6. The molecule has 14 heteroatoms. The fourth-order valence-corrected chi connectivity index (χ4v) is 3.63.